The third-order valence-electron chi connectivity index (χ3n) is 6.63. The Labute approximate surface area is 196 Å². The maximum Gasteiger partial charge on any atom is 0.247 e. The Bertz CT molecular complexity index is 960. The van der Waals surface area contributed by atoms with Crippen molar-refractivity contribution in [3.8, 4) is 0 Å². The summed E-state index contributed by atoms with van der Waals surface area (Å²) in [5.41, 5.74) is -0.0516. The van der Waals surface area contributed by atoms with E-state index in [0.29, 0.717) is 10.7 Å². The van der Waals surface area contributed by atoms with E-state index >= 15 is 0 Å². The Hall–Kier alpha value is -1.64. The molecule has 1 atom stereocenters. The second-order valence-corrected chi connectivity index (χ2v) is 11.8. The second kappa shape index (κ2) is 10.1. The smallest absolute Gasteiger partial charge is 0.247 e. The van der Waals surface area contributed by atoms with Crippen molar-refractivity contribution in [2.24, 2.45) is 0 Å². The Morgan fingerprint density at radius 2 is 1.81 bits per heavy atom. The Balaban J connectivity index is 1.98. The topological polar surface area (TPSA) is 86.8 Å². The number of carbonyl (C=O) groups excluding carboxylic acids is 2. The van der Waals surface area contributed by atoms with Crippen molar-refractivity contribution in [3.05, 3.63) is 28.8 Å². The van der Waals surface area contributed by atoms with Crippen molar-refractivity contribution in [2.75, 3.05) is 23.7 Å². The minimum absolute atomic E-state index is 0.0288. The first-order valence-electron chi connectivity index (χ1n) is 11.5. The number of hydrogen-bond donors (Lipinski definition) is 1. The molecule has 2 fully saturated rings. The van der Waals surface area contributed by atoms with E-state index in [1.807, 2.05) is 6.92 Å². The normalized spacial score (nSPS) is 24.1. The SMILES string of the molecule is CCS(=O)(=O)N1CC(=O)N(c2ccc(Cl)cc2C)[C@](C)(C(=O)NC2CCCCCCC2)C1. The van der Waals surface area contributed by atoms with Gasteiger partial charge < -0.3 is 5.32 Å². The number of nitrogens with zero attached hydrogens (tertiary/aromatic N) is 2. The van der Waals surface area contributed by atoms with E-state index in [1.54, 1.807) is 32.0 Å². The molecular formula is C23H34ClN3O4S. The molecule has 1 aromatic carbocycles. The van der Waals surface area contributed by atoms with Crippen LogP contribution in [0.25, 0.3) is 0 Å². The van der Waals surface area contributed by atoms with Crippen LogP contribution in [0.2, 0.25) is 5.02 Å². The highest BCUT2D eigenvalue weighted by Crippen LogP contribution is 2.34. The van der Waals surface area contributed by atoms with E-state index < -0.39 is 21.5 Å². The summed E-state index contributed by atoms with van der Waals surface area (Å²) in [5.74, 6) is -0.864. The van der Waals surface area contributed by atoms with Gasteiger partial charge in [-0.05, 0) is 57.4 Å². The standard InChI is InChI=1S/C23H34ClN3O4S/c1-4-32(30,31)26-15-21(28)27(20-13-12-18(24)14-17(20)2)23(3,16-26)22(29)25-19-10-8-6-5-7-9-11-19/h12-14,19H,4-11,15-16H2,1-3H3,(H,25,29)/t23-/m0/s1. The van der Waals surface area contributed by atoms with Crippen LogP contribution in [0.1, 0.15) is 64.4 Å². The summed E-state index contributed by atoms with van der Waals surface area (Å²) < 4.78 is 26.4. The number of hydrogen-bond acceptors (Lipinski definition) is 4. The van der Waals surface area contributed by atoms with Gasteiger partial charge in [0.2, 0.25) is 21.8 Å². The van der Waals surface area contributed by atoms with Crippen molar-refractivity contribution in [2.45, 2.75) is 77.3 Å². The number of anilines is 1. The summed E-state index contributed by atoms with van der Waals surface area (Å²) in [6, 6.07) is 5.17. The van der Waals surface area contributed by atoms with Crippen LogP contribution in [-0.4, -0.2) is 55.0 Å². The predicted octanol–water partition coefficient (Wildman–Crippen LogP) is 3.63. The number of benzene rings is 1. The molecule has 32 heavy (non-hydrogen) atoms. The van der Waals surface area contributed by atoms with E-state index in [4.69, 9.17) is 11.6 Å². The van der Waals surface area contributed by atoms with E-state index in [1.165, 1.54) is 11.3 Å². The van der Waals surface area contributed by atoms with Crippen LogP contribution in [-0.2, 0) is 19.6 Å². The highest BCUT2D eigenvalue weighted by atomic mass is 35.5. The zero-order valence-electron chi connectivity index (χ0n) is 19.2. The fraction of sp³-hybridized carbons (Fsp3) is 0.652. The van der Waals surface area contributed by atoms with Crippen LogP contribution < -0.4 is 10.2 Å². The van der Waals surface area contributed by atoms with Crippen molar-refractivity contribution in [1.82, 2.24) is 9.62 Å². The zero-order chi connectivity index (χ0) is 23.5. The van der Waals surface area contributed by atoms with E-state index in [9.17, 15) is 18.0 Å². The number of sulfonamides is 1. The molecule has 7 nitrogen and oxygen atoms in total. The lowest BCUT2D eigenvalue weighted by atomic mass is 9.91. The molecule has 2 amide bonds. The van der Waals surface area contributed by atoms with Crippen molar-refractivity contribution in [1.29, 1.82) is 0 Å². The summed E-state index contributed by atoms with van der Waals surface area (Å²) in [7, 11) is -3.64. The van der Waals surface area contributed by atoms with Gasteiger partial charge in [0.25, 0.3) is 0 Å². The molecule has 0 bridgehead atoms. The zero-order valence-corrected chi connectivity index (χ0v) is 20.8. The molecule has 178 valence electrons. The van der Waals surface area contributed by atoms with Crippen LogP contribution in [0.5, 0.6) is 0 Å². The number of halogens is 1. The molecule has 1 N–H and O–H groups in total. The van der Waals surface area contributed by atoms with Gasteiger partial charge in [0.15, 0.2) is 0 Å². The minimum atomic E-state index is -3.64. The monoisotopic (exact) mass is 483 g/mol. The summed E-state index contributed by atoms with van der Waals surface area (Å²) >= 11 is 6.12. The number of piperazine rings is 1. The first-order valence-corrected chi connectivity index (χ1v) is 13.4. The largest absolute Gasteiger partial charge is 0.351 e. The van der Waals surface area contributed by atoms with Gasteiger partial charge in [0.05, 0.1) is 12.3 Å². The third-order valence-corrected chi connectivity index (χ3v) is 8.64. The van der Waals surface area contributed by atoms with Crippen LogP contribution in [0.15, 0.2) is 18.2 Å². The lowest BCUT2D eigenvalue weighted by molar-refractivity contribution is -0.133. The molecule has 3 rings (SSSR count). The number of nitrogens with one attached hydrogen (secondary N) is 1. The fourth-order valence-electron chi connectivity index (χ4n) is 4.73. The highest BCUT2D eigenvalue weighted by Gasteiger charge is 2.51. The molecule has 0 aromatic heterocycles. The molecule has 0 unspecified atom stereocenters. The molecule has 1 saturated heterocycles. The van der Waals surface area contributed by atoms with Gasteiger partial charge in [-0.15, -0.1) is 0 Å². The number of aryl methyl sites for hydroxylation is 1. The van der Waals surface area contributed by atoms with Crippen LogP contribution in [0.4, 0.5) is 5.69 Å². The molecule has 2 aliphatic rings. The van der Waals surface area contributed by atoms with E-state index in [-0.39, 0.29) is 30.8 Å². The van der Waals surface area contributed by atoms with Crippen LogP contribution >= 0.6 is 11.6 Å². The minimum Gasteiger partial charge on any atom is -0.351 e. The molecule has 1 aliphatic carbocycles. The molecule has 1 aliphatic heterocycles. The lowest BCUT2D eigenvalue weighted by Gasteiger charge is -2.47. The maximum absolute atomic E-state index is 13.7. The van der Waals surface area contributed by atoms with Crippen molar-refractivity contribution in [3.63, 3.8) is 0 Å². The quantitative estimate of drug-likeness (QED) is 0.692. The molecule has 1 saturated carbocycles. The van der Waals surface area contributed by atoms with Crippen molar-refractivity contribution >= 4 is 39.1 Å². The molecule has 1 heterocycles. The van der Waals surface area contributed by atoms with Gasteiger partial charge in [-0.2, -0.15) is 4.31 Å². The van der Waals surface area contributed by atoms with Gasteiger partial charge in [-0.1, -0.05) is 43.7 Å². The average molecular weight is 484 g/mol. The Kier molecular flexibility index (Phi) is 7.89. The molecular weight excluding hydrogens is 450 g/mol. The van der Waals surface area contributed by atoms with E-state index in [2.05, 4.69) is 5.32 Å². The Morgan fingerprint density at radius 1 is 1.19 bits per heavy atom. The molecule has 0 spiro atoms. The number of amides is 2. The molecule has 0 radical (unpaired) electrons. The Morgan fingerprint density at radius 3 is 2.41 bits per heavy atom. The van der Waals surface area contributed by atoms with Gasteiger partial charge in [0, 0.05) is 23.3 Å². The van der Waals surface area contributed by atoms with Gasteiger partial charge in [-0.25, -0.2) is 8.42 Å². The first kappa shape index (κ1) is 25.0. The van der Waals surface area contributed by atoms with Gasteiger partial charge in [-0.3, -0.25) is 14.5 Å². The molecule has 9 heteroatoms. The van der Waals surface area contributed by atoms with Crippen LogP contribution in [0.3, 0.4) is 0 Å². The predicted molar refractivity (Wildman–Crippen MR) is 127 cm³/mol. The average Bonchev–Trinajstić information content (AvgIpc) is 2.70. The summed E-state index contributed by atoms with van der Waals surface area (Å²) in [6.45, 7) is 4.66. The maximum atomic E-state index is 13.7. The third kappa shape index (κ3) is 5.29. The fourth-order valence-corrected chi connectivity index (χ4v) is 6.08. The summed E-state index contributed by atoms with van der Waals surface area (Å²) in [4.78, 5) is 28.5. The first-order chi connectivity index (χ1) is 15.1. The number of carbonyl (C=O) groups is 2. The number of rotatable bonds is 5. The summed E-state index contributed by atoms with van der Waals surface area (Å²) in [5, 5.41) is 3.69. The molecule has 1 aromatic rings. The van der Waals surface area contributed by atoms with Crippen molar-refractivity contribution < 1.29 is 18.0 Å². The lowest BCUT2D eigenvalue weighted by Crippen LogP contribution is -2.71. The van der Waals surface area contributed by atoms with E-state index in [0.717, 1.165) is 48.4 Å². The van der Waals surface area contributed by atoms with Crippen LogP contribution in [0, 0.1) is 6.92 Å². The summed E-state index contributed by atoms with van der Waals surface area (Å²) in [6.07, 6.45) is 7.43. The second-order valence-electron chi connectivity index (χ2n) is 9.12. The van der Waals surface area contributed by atoms with Gasteiger partial charge in [0.1, 0.15) is 5.54 Å². The highest BCUT2D eigenvalue weighted by molar-refractivity contribution is 7.89. The van der Waals surface area contributed by atoms with Gasteiger partial charge >= 0.3 is 0 Å².